The monoisotopic (exact) mass is 260 g/mol. The van der Waals surface area contributed by atoms with Gasteiger partial charge in [0, 0.05) is 0 Å². The van der Waals surface area contributed by atoms with Crippen LogP contribution in [-0.2, 0) is 10.2 Å². The van der Waals surface area contributed by atoms with E-state index in [9.17, 15) is 9.11 Å². The van der Waals surface area contributed by atoms with E-state index >= 15 is 0 Å². The minimum absolute atomic E-state index is 0.126. The lowest BCUT2D eigenvalue weighted by Gasteiger charge is -2.20. The number of nitrogens with zero attached hydrogens (tertiary/aromatic N) is 2. The summed E-state index contributed by atoms with van der Waals surface area (Å²) in [4.78, 5) is 0. The van der Waals surface area contributed by atoms with Crippen molar-refractivity contribution in [2.45, 2.75) is 76.3 Å². The van der Waals surface area contributed by atoms with Crippen molar-refractivity contribution >= 4 is 10.2 Å². The van der Waals surface area contributed by atoms with Crippen molar-refractivity contribution in [1.82, 2.24) is 0 Å². The third-order valence-electron chi connectivity index (χ3n) is 3.73. The van der Waals surface area contributed by atoms with Crippen LogP contribution >= 0.6 is 0 Å². The summed E-state index contributed by atoms with van der Waals surface area (Å²) in [5, 5.41) is 0. The van der Waals surface area contributed by atoms with Gasteiger partial charge in [-0.15, -0.1) is 0 Å². The molecule has 2 saturated carbocycles. The molecule has 2 N–H and O–H groups in total. The summed E-state index contributed by atoms with van der Waals surface area (Å²) in [7, 11) is -3.03. The number of hydrogen-bond acceptors (Lipinski definition) is 2. The van der Waals surface area contributed by atoms with E-state index in [1.807, 2.05) is 0 Å². The van der Waals surface area contributed by atoms with E-state index in [0.717, 1.165) is 51.4 Å². The molecule has 2 fully saturated rings. The van der Waals surface area contributed by atoms with Gasteiger partial charge in [-0.1, -0.05) is 38.5 Å². The van der Waals surface area contributed by atoms with Gasteiger partial charge in [-0.3, -0.25) is 9.11 Å². The van der Waals surface area contributed by atoms with E-state index < -0.39 is 10.2 Å². The lowest BCUT2D eigenvalue weighted by molar-refractivity contribution is 0.416. The molecule has 2 aliphatic carbocycles. The highest BCUT2D eigenvalue weighted by molar-refractivity contribution is 7.84. The van der Waals surface area contributed by atoms with Crippen LogP contribution < -0.4 is 0 Å². The Morgan fingerprint density at radius 1 is 0.647 bits per heavy atom. The molecule has 0 aromatic rings. The first kappa shape index (κ1) is 13.3. The maximum absolute atomic E-state index is 9.92. The number of rotatable bonds is 2. The fourth-order valence-electron chi connectivity index (χ4n) is 2.80. The summed E-state index contributed by atoms with van der Waals surface area (Å²) in [6, 6.07) is 0.252. The highest BCUT2D eigenvalue weighted by Gasteiger charge is 2.16. The zero-order chi connectivity index (χ0) is 12.1. The van der Waals surface area contributed by atoms with Crippen molar-refractivity contribution in [2.75, 3.05) is 0 Å². The molecule has 17 heavy (non-hydrogen) atoms. The molecule has 0 aromatic carbocycles. The molecular formula is C12H24N2O2S. The maximum Gasteiger partial charge on any atom is 0.176 e. The lowest BCUT2D eigenvalue weighted by atomic mass is 9.96. The highest BCUT2D eigenvalue weighted by atomic mass is 32.2. The summed E-state index contributed by atoms with van der Waals surface area (Å²) in [5.74, 6) is 0. The zero-order valence-electron chi connectivity index (χ0n) is 10.4. The molecule has 0 amide bonds. The topological polar surface area (TPSA) is 65.2 Å². The quantitative estimate of drug-likeness (QED) is 0.784. The average Bonchev–Trinajstić information content (AvgIpc) is 2.30. The Labute approximate surface area is 105 Å². The molecule has 0 aromatic heterocycles. The van der Waals surface area contributed by atoms with Gasteiger partial charge in [0.1, 0.15) is 0 Å². The van der Waals surface area contributed by atoms with Gasteiger partial charge >= 0.3 is 0 Å². The van der Waals surface area contributed by atoms with Crippen molar-refractivity contribution in [3.05, 3.63) is 0 Å². The van der Waals surface area contributed by atoms with Crippen molar-refractivity contribution in [2.24, 2.45) is 8.73 Å². The average molecular weight is 260 g/mol. The van der Waals surface area contributed by atoms with Crippen LogP contribution in [0.25, 0.3) is 0 Å². The summed E-state index contributed by atoms with van der Waals surface area (Å²) in [5.41, 5.74) is 0. The minimum atomic E-state index is -3.03. The third-order valence-corrected chi connectivity index (χ3v) is 4.89. The predicted molar refractivity (Wildman–Crippen MR) is 71.2 cm³/mol. The molecule has 4 nitrogen and oxygen atoms in total. The standard InChI is InChI=1S/C12H24N2O2S/c15-17(16,13-11-7-3-1-4-8-11)14-12-9-5-2-6-10-12/h11-12H,1-10H2,(H2,13,14,15,16). The third kappa shape index (κ3) is 4.56. The Morgan fingerprint density at radius 3 is 1.35 bits per heavy atom. The Bertz CT molecular complexity index is 312. The second-order valence-corrected chi connectivity index (χ2v) is 6.69. The maximum atomic E-state index is 9.92. The fraction of sp³-hybridized carbons (Fsp3) is 1.00. The van der Waals surface area contributed by atoms with E-state index in [4.69, 9.17) is 0 Å². The molecular weight excluding hydrogens is 236 g/mol. The van der Waals surface area contributed by atoms with Crippen LogP contribution in [0.4, 0.5) is 0 Å². The smallest absolute Gasteiger partial charge is 0.176 e. The van der Waals surface area contributed by atoms with Gasteiger partial charge in [-0.25, -0.2) is 8.73 Å². The Balaban J connectivity index is 2.03. The normalized spacial score (nSPS) is 24.6. The van der Waals surface area contributed by atoms with Crippen LogP contribution in [0.2, 0.25) is 0 Å². The van der Waals surface area contributed by atoms with Crippen LogP contribution in [-0.4, -0.2) is 21.2 Å². The molecule has 0 bridgehead atoms. The second-order valence-electron chi connectivity index (χ2n) is 5.28. The van der Waals surface area contributed by atoms with E-state index in [2.05, 4.69) is 8.73 Å². The molecule has 100 valence electrons. The van der Waals surface area contributed by atoms with Crippen molar-refractivity contribution < 1.29 is 9.11 Å². The van der Waals surface area contributed by atoms with Gasteiger partial charge in [0.25, 0.3) is 0 Å². The van der Waals surface area contributed by atoms with Gasteiger partial charge in [-0.2, -0.15) is 0 Å². The predicted octanol–water partition coefficient (Wildman–Crippen LogP) is 4.12. The molecule has 2 rings (SSSR count). The molecule has 0 unspecified atom stereocenters. The minimum Gasteiger partial charge on any atom is -0.295 e. The number of hydrogen-bond donors (Lipinski definition) is 2. The molecule has 0 heterocycles. The van der Waals surface area contributed by atoms with Crippen LogP contribution in [0.3, 0.4) is 0 Å². The van der Waals surface area contributed by atoms with Crippen molar-refractivity contribution in [3.8, 4) is 0 Å². The van der Waals surface area contributed by atoms with Crippen molar-refractivity contribution in [3.63, 3.8) is 0 Å². The molecule has 0 aliphatic heterocycles. The molecule has 0 radical (unpaired) electrons. The first-order valence-electron chi connectivity index (χ1n) is 6.88. The molecule has 0 spiro atoms. The van der Waals surface area contributed by atoms with E-state index in [0.29, 0.717) is 0 Å². The Hall–Kier alpha value is -0.130. The molecule has 0 atom stereocenters. The summed E-state index contributed by atoms with van der Waals surface area (Å²) >= 11 is 0. The second kappa shape index (κ2) is 6.16. The van der Waals surface area contributed by atoms with Crippen molar-refractivity contribution in [1.29, 1.82) is 0 Å². The van der Waals surface area contributed by atoms with Crippen LogP contribution in [0.1, 0.15) is 64.2 Å². The highest BCUT2D eigenvalue weighted by Crippen LogP contribution is 2.24. The SMILES string of the molecule is OS(O)(=NC1CCCCC1)=NC1CCCCC1. The van der Waals surface area contributed by atoms with Gasteiger partial charge < -0.3 is 0 Å². The van der Waals surface area contributed by atoms with E-state index in [-0.39, 0.29) is 12.1 Å². The summed E-state index contributed by atoms with van der Waals surface area (Å²) in [6.45, 7) is 0. The van der Waals surface area contributed by atoms with E-state index in [1.54, 1.807) is 0 Å². The van der Waals surface area contributed by atoms with Gasteiger partial charge in [0.05, 0.1) is 12.1 Å². The first-order chi connectivity index (χ1) is 8.16. The molecule has 2 aliphatic rings. The first-order valence-corrected chi connectivity index (χ1v) is 8.34. The van der Waals surface area contributed by atoms with Crippen LogP contribution in [0, 0.1) is 0 Å². The zero-order valence-corrected chi connectivity index (χ0v) is 11.2. The lowest BCUT2D eigenvalue weighted by Crippen LogP contribution is -2.16. The fourth-order valence-corrected chi connectivity index (χ4v) is 4.08. The van der Waals surface area contributed by atoms with Gasteiger partial charge in [0.2, 0.25) is 0 Å². The van der Waals surface area contributed by atoms with Gasteiger partial charge in [-0.05, 0) is 25.7 Å². The van der Waals surface area contributed by atoms with Gasteiger partial charge in [0.15, 0.2) is 10.2 Å². The van der Waals surface area contributed by atoms with Crippen LogP contribution in [0.15, 0.2) is 8.73 Å². The Morgan fingerprint density at radius 2 is 1.00 bits per heavy atom. The summed E-state index contributed by atoms with van der Waals surface area (Å²) in [6.07, 6.45) is 11.1. The Kier molecular flexibility index (Phi) is 4.82. The van der Waals surface area contributed by atoms with Crippen LogP contribution in [0.5, 0.6) is 0 Å². The summed E-state index contributed by atoms with van der Waals surface area (Å²) < 4.78 is 28.2. The largest absolute Gasteiger partial charge is 0.295 e. The van der Waals surface area contributed by atoms with E-state index in [1.165, 1.54) is 12.8 Å². The molecule has 0 saturated heterocycles. The molecule has 5 heteroatoms.